The van der Waals surface area contributed by atoms with Crippen LogP contribution < -0.4 is 5.73 Å². The number of nitrogens with one attached hydrogen (secondary N) is 1. The molecule has 92 valence electrons. The van der Waals surface area contributed by atoms with Crippen molar-refractivity contribution < 1.29 is 0 Å². The molecule has 1 aliphatic carbocycles. The van der Waals surface area contributed by atoms with Gasteiger partial charge in [-0.05, 0) is 30.1 Å². The van der Waals surface area contributed by atoms with Crippen molar-refractivity contribution in [2.24, 2.45) is 11.7 Å². The molecule has 17 heavy (non-hydrogen) atoms. The molecule has 3 heteroatoms. The average Bonchev–Trinajstić information content (AvgIpc) is 2.82. The van der Waals surface area contributed by atoms with Crippen LogP contribution in [0.25, 0.3) is 0 Å². The first-order valence-corrected chi connectivity index (χ1v) is 7.43. The van der Waals surface area contributed by atoms with E-state index in [4.69, 9.17) is 11.1 Å². The Morgan fingerprint density at radius 3 is 2.71 bits per heavy atom. The number of nitrogen functional groups attached to an aromatic ring is 1. The number of rotatable bonds is 5. The Morgan fingerprint density at radius 2 is 2.00 bits per heavy atom. The first-order chi connectivity index (χ1) is 8.27. The molecule has 0 aliphatic heterocycles. The molecule has 1 fully saturated rings. The molecule has 0 radical (unpaired) electrons. The summed E-state index contributed by atoms with van der Waals surface area (Å²) in [6.07, 6.45) is 5.63. The molecule has 0 atom stereocenters. The Bertz CT molecular complexity index is 384. The minimum atomic E-state index is 0.182. The highest BCUT2D eigenvalue weighted by atomic mass is 32.2. The third kappa shape index (κ3) is 3.50. The number of hydrogen-bond donors (Lipinski definition) is 2. The molecule has 1 saturated carbocycles. The molecule has 1 aliphatic rings. The highest BCUT2D eigenvalue weighted by molar-refractivity contribution is 7.98. The number of thioether (sulfide) groups is 1. The zero-order valence-corrected chi connectivity index (χ0v) is 10.9. The highest BCUT2D eigenvalue weighted by Crippen LogP contribution is 2.29. The normalized spacial score (nSPS) is 16.2. The zero-order valence-electron chi connectivity index (χ0n) is 10.1. The zero-order chi connectivity index (χ0) is 12.1. The number of benzene rings is 1. The first-order valence-electron chi connectivity index (χ1n) is 6.27. The molecule has 0 amide bonds. The summed E-state index contributed by atoms with van der Waals surface area (Å²) in [6, 6.07) is 7.99. The van der Waals surface area contributed by atoms with Crippen molar-refractivity contribution in [3.8, 4) is 0 Å². The summed E-state index contributed by atoms with van der Waals surface area (Å²) >= 11 is 1.98. The molecule has 0 saturated heterocycles. The summed E-state index contributed by atoms with van der Waals surface area (Å²) in [5.74, 6) is 3.34. The Balaban J connectivity index is 1.87. The molecule has 2 rings (SSSR count). The van der Waals surface area contributed by atoms with Crippen LogP contribution in [-0.4, -0.2) is 11.6 Å². The van der Waals surface area contributed by atoms with Crippen molar-refractivity contribution in [2.45, 2.75) is 31.4 Å². The maximum atomic E-state index is 7.55. The lowest BCUT2D eigenvalue weighted by Gasteiger charge is -2.10. The van der Waals surface area contributed by atoms with Gasteiger partial charge in [-0.15, -0.1) is 0 Å². The summed E-state index contributed by atoms with van der Waals surface area (Å²) in [5.41, 5.74) is 7.67. The predicted octanol–water partition coefficient (Wildman–Crippen LogP) is 3.39. The van der Waals surface area contributed by atoms with E-state index in [-0.39, 0.29) is 5.84 Å². The Hall–Kier alpha value is -0.960. The van der Waals surface area contributed by atoms with E-state index in [1.54, 1.807) is 0 Å². The molecule has 1 aromatic carbocycles. The minimum Gasteiger partial charge on any atom is -0.384 e. The summed E-state index contributed by atoms with van der Waals surface area (Å²) in [6.45, 7) is 0. The lowest BCUT2D eigenvalue weighted by molar-refractivity contribution is 0.623. The number of nitrogens with two attached hydrogens (primary N) is 1. The molecule has 2 nitrogen and oxygen atoms in total. The second-order valence-electron chi connectivity index (χ2n) is 4.74. The summed E-state index contributed by atoms with van der Waals surface area (Å²) in [7, 11) is 0. The van der Waals surface area contributed by atoms with Gasteiger partial charge >= 0.3 is 0 Å². The molecular weight excluding hydrogens is 228 g/mol. The fourth-order valence-electron chi connectivity index (χ4n) is 2.42. The van der Waals surface area contributed by atoms with E-state index in [0.29, 0.717) is 0 Å². The van der Waals surface area contributed by atoms with Gasteiger partial charge in [-0.3, -0.25) is 5.41 Å². The van der Waals surface area contributed by atoms with Crippen LogP contribution >= 0.6 is 11.8 Å². The van der Waals surface area contributed by atoms with Crippen molar-refractivity contribution in [3.05, 3.63) is 35.4 Å². The van der Waals surface area contributed by atoms with Gasteiger partial charge in [0.15, 0.2) is 0 Å². The molecule has 0 bridgehead atoms. The van der Waals surface area contributed by atoms with E-state index in [0.717, 1.165) is 17.2 Å². The van der Waals surface area contributed by atoms with Crippen molar-refractivity contribution in [2.75, 3.05) is 5.75 Å². The van der Waals surface area contributed by atoms with E-state index >= 15 is 0 Å². The lowest BCUT2D eigenvalue weighted by atomic mass is 10.1. The van der Waals surface area contributed by atoms with Crippen molar-refractivity contribution in [1.29, 1.82) is 5.41 Å². The monoisotopic (exact) mass is 248 g/mol. The molecule has 3 N–H and O–H groups in total. The van der Waals surface area contributed by atoms with Crippen molar-refractivity contribution in [1.82, 2.24) is 0 Å². The summed E-state index contributed by atoms with van der Waals surface area (Å²) < 4.78 is 0. The topological polar surface area (TPSA) is 49.9 Å². The highest BCUT2D eigenvalue weighted by Gasteiger charge is 2.15. The lowest BCUT2D eigenvalue weighted by Crippen LogP contribution is -2.13. The van der Waals surface area contributed by atoms with Crippen LogP contribution in [0.3, 0.4) is 0 Å². The van der Waals surface area contributed by atoms with Gasteiger partial charge in [0.05, 0.1) is 0 Å². The van der Waals surface area contributed by atoms with E-state index < -0.39 is 0 Å². The van der Waals surface area contributed by atoms with Gasteiger partial charge in [0.25, 0.3) is 0 Å². The van der Waals surface area contributed by atoms with Gasteiger partial charge < -0.3 is 5.73 Å². The predicted molar refractivity (Wildman–Crippen MR) is 75.6 cm³/mol. The Morgan fingerprint density at radius 1 is 1.29 bits per heavy atom. The molecule has 0 unspecified atom stereocenters. The Labute approximate surface area is 107 Å². The average molecular weight is 248 g/mol. The van der Waals surface area contributed by atoms with Gasteiger partial charge in [0.2, 0.25) is 0 Å². The van der Waals surface area contributed by atoms with Gasteiger partial charge in [-0.25, -0.2) is 0 Å². The van der Waals surface area contributed by atoms with Crippen LogP contribution in [0, 0.1) is 11.3 Å². The second-order valence-corrected chi connectivity index (χ2v) is 5.77. The standard InChI is InChI=1S/C14H20N2S/c15-14(16)13-8-4-3-7-12(13)10-17-9-11-5-1-2-6-11/h3-4,7-8,11H,1-2,5-6,9-10H2,(H3,15,16). The third-order valence-electron chi connectivity index (χ3n) is 3.39. The molecular formula is C14H20N2S. The molecule has 0 spiro atoms. The Kier molecular flexibility index (Phi) is 4.49. The van der Waals surface area contributed by atoms with Crippen LogP contribution in [0.1, 0.15) is 36.8 Å². The van der Waals surface area contributed by atoms with E-state index in [1.165, 1.54) is 37.0 Å². The van der Waals surface area contributed by atoms with Crippen LogP contribution in [-0.2, 0) is 5.75 Å². The van der Waals surface area contributed by atoms with Crippen molar-refractivity contribution in [3.63, 3.8) is 0 Å². The van der Waals surface area contributed by atoms with Crippen molar-refractivity contribution >= 4 is 17.6 Å². The van der Waals surface area contributed by atoms with Crippen LogP contribution in [0.2, 0.25) is 0 Å². The maximum absolute atomic E-state index is 7.55. The summed E-state index contributed by atoms with van der Waals surface area (Å²) in [4.78, 5) is 0. The summed E-state index contributed by atoms with van der Waals surface area (Å²) in [5, 5.41) is 7.55. The van der Waals surface area contributed by atoms with Gasteiger partial charge in [-0.2, -0.15) is 11.8 Å². The smallest absolute Gasteiger partial charge is 0.123 e. The van der Waals surface area contributed by atoms with Gasteiger partial charge in [0.1, 0.15) is 5.84 Å². The third-order valence-corrected chi connectivity index (χ3v) is 4.62. The van der Waals surface area contributed by atoms with E-state index in [9.17, 15) is 0 Å². The van der Waals surface area contributed by atoms with E-state index in [2.05, 4.69) is 6.07 Å². The van der Waals surface area contributed by atoms with Gasteiger partial charge in [0, 0.05) is 11.3 Å². The van der Waals surface area contributed by atoms with E-state index in [1.807, 2.05) is 30.0 Å². The fraction of sp³-hybridized carbons (Fsp3) is 0.500. The SMILES string of the molecule is N=C(N)c1ccccc1CSCC1CCCC1. The molecule has 0 heterocycles. The molecule has 1 aromatic rings. The second kappa shape index (κ2) is 6.10. The van der Waals surface area contributed by atoms with Gasteiger partial charge in [-0.1, -0.05) is 37.1 Å². The maximum Gasteiger partial charge on any atom is 0.123 e. The van der Waals surface area contributed by atoms with Crippen LogP contribution in [0.5, 0.6) is 0 Å². The van der Waals surface area contributed by atoms with Crippen LogP contribution in [0.4, 0.5) is 0 Å². The number of hydrogen-bond acceptors (Lipinski definition) is 2. The largest absolute Gasteiger partial charge is 0.384 e. The first kappa shape index (κ1) is 12.5. The molecule has 0 aromatic heterocycles. The number of amidine groups is 1. The minimum absolute atomic E-state index is 0.182. The quantitative estimate of drug-likeness (QED) is 0.620. The fourth-order valence-corrected chi connectivity index (χ4v) is 3.68. The van der Waals surface area contributed by atoms with Crippen LogP contribution in [0.15, 0.2) is 24.3 Å².